The number of carbonyl (C=O) groups is 2. The summed E-state index contributed by atoms with van der Waals surface area (Å²) in [6.07, 6.45) is 6.47. The summed E-state index contributed by atoms with van der Waals surface area (Å²) in [5, 5.41) is 5.75. The Labute approximate surface area is 207 Å². The lowest BCUT2D eigenvalue weighted by atomic mass is 10.1. The van der Waals surface area contributed by atoms with E-state index in [1.165, 1.54) is 6.08 Å². The van der Waals surface area contributed by atoms with E-state index in [1.807, 2.05) is 55.5 Å². The summed E-state index contributed by atoms with van der Waals surface area (Å²) < 4.78 is 0. The Balaban J connectivity index is 1.30. The summed E-state index contributed by atoms with van der Waals surface area (Å²) >= 11 is 0. The molecule has 0 saturated carbocycles. The van der Waals surface area contributed by atoms with E-state index < -0.39 is 0 Å². The van der Waals surface area contributed by atoms with Crippen molar-refractivity contribution in [2.24, 2.45) is 0 Å². The van der Waals surface area contributed by atoms with Gasteiger partial charge in [0.25, 0.3) is 5.91 Å². The van der Waals surface area contributed by atoms with Crippen LogP contribution < -0.4 is 10.6 Å². The predicted octanol–water partition coefficient (Wildman–Crippen LogP) is 5.84. The fourth-order valence-electron chi connectivity index (χ4n) is 3.79. The first-order valence-corrected chi connectivity index (χ1v) is 11.4. The molecule has 3 aromatic carbocycles. The maximum Gasteiger partial charge on any atom is 0.256 e. The molecule has 0 aliphatic heterocycles. The van der Waals surface area contributed by atoms with E-state index in [2.05, 4.69) is 25.6 Å². The molecule has 0 radical (unpaired) electrons. The number of benzene rings is 3. The molecule has 0 bridgehead atoms. The molecule has 5 aromatic rings. The second-order valence-corrected chi connectivity index (χ2v) is 8.27. The molecular formula is C29H23N5O2. The van der Waals surface area contributed by atoms with Gasteiger partial charge in [0.2, 0.25) is 5.91 Å². The second kappa shape index (κ2) is 10.1. The van der Waals surface area contributed by atoms with Crippen LogP contribution in [-0.4, -0.2) is 26.8 Å². The number of aromatic nitrogens is 3. The molecule has 0 saturated heterocycles. The van der Waals surface area contributed by atoms with Crippen molar-refractivity contribution < 1.29 is 9.59 Å². The van der Waals surface area contributed by atoms with Crippen molar-refractivity contribution in [3.8, 4) is 11.4 Å². The molecule has 0 aliphatic rings. The minimum absolute atomic E-state index is 0.266. The number of aryl methyl sites for hydroxylation is 1. The number of imidazole rings is 1. The van der Waals surface area contributed by atoms with Gasteiger partial charge in [0.1, 0.15) is 5.82 Å². The maximum absolute atomic E-state index is 13.1. The number of aromatic amines is 1. The van der Waals surface area contributed by atoms with Gasteiger partial charge in [-0.25, -0.2) is 4.98 Å². The van der Waals surface area contributed by atoms with Crippen LogP contribution in [0.15, 0.2) is 97.3 Å². The van der Waals surface area contributed by atoms with Crippen LogP contribution in [0.25, 0.3) is 28.5 Å². The maximum atomic E-state index is 13.1. The quantitative estimate of drug-likeness (QED) is 0.270. The Bertz CT molecular complexity index is 1570. The van der Waals surface area contributed by atoms with E-state index in [1.54, 1.807) is 48.8 Å². The number of hydrogen-bond acceptors (Lipinski definition) is 4. The van der Waals surface area contributed by atoms with Gasteiger partial charge in [-0.05, 0) is 66.6 Å². The van der Waals surface area contributed by atoms with Crippen LogP contribution in [0.4, 0.5) is 11.4 Å². The molecule has 0 aliphatic carbocycles. The number of amides is 2. The van der Waals surface area contributed by atoms with E-state index in [0.29, 0.717) is 16.9 Å². The van der Waals surface area contributed by atoms with E-state index in [9.17, 15) is 9.59 Å². The van der Waals surface area contributed by atoms with E-state index in [0.717, 1.165) is 33.5 Å². The zero-order chi connectivity index (χ0) is 24.9. The van der Waals surface area contributed by atoms with Crippen LogP contribution in [-0.2, 0) is 4.79 Å². The number of rotatable bonds is 6. The third-order valence-corrected chi connectivity index (χ3v) is 5.67. The molecule has 2 amide bonds. The number of nitrogens with one attached hydrogen (secondary N) is 3. The first kappa shape index (κ1) is 22.7. The smallest absolute Gasteiger partial charge is 0.256 e. The molecule has 0 atom stereocenters. The zero-order valence-electron chi connectivity index (χ0n) is 19.5. The lowest BCUT2D eigenvalue weighted by Crippen LogP contribution is -2.15. The summed E-state index contributed by atoms with van der Waals surface area (Å²) in [6.45, 7) is 1.86. The minimum Gasteiger partial charge on any atom is -0.338 e. The Kier molecular flexibility index (Phi) is 6.36. The van der Waals surface area contributed by atoms with Crippen LogP contribution in [0.2, 0.25) is 0 Å². The van der Waals surface area contributed by atoms with E-state index >= 15 is 0 Å². The second-order valence-electron chi connectivity index (χ2n) is 8.27. The topological polar surface area (TPSA) is 99.8 Å². The summed E-state index contributed by atoms with van der Waals surface area (Å²) in [4.78, 5) is 37.3. The van der Waals surface area contributed by atoms with Crippen LogP contribution >= 0.6 is 0 Å². The van der Waals surface area contributed by atoms with Crippen LogP contribution in [0.3, 0.4) is 0 Å². The zero-order valence-corrected chi connectivity index (χ0v) is 19.5. The standard InChI is InChI=1S/C29H23N5O2/c1-19-7-9-22(31-27(35)12-8-20-13-15-30-16-14-20)17-24(19)29(36)32-23-10-11-25-26(18-23)34-28(33-25)21-5-3-2-4-6-21/h2-18H,1H3,(H,31,35)(H,32,36)(H,33,34)/b12-8+. The first-order chi connectivity index (χ1) is 17.5. The fourth-order valence-corrected chi connectivity index (χ4v) is 3.79. The van der Waals surface area contributed by atoms with Crippen molar-refractivity contribution in [2.45, 2.75) is 6.92 Å². The van der Waals surface area contributed by atoms with Gasteiger partial charge in [-0.2, -0.15) is 0 Å². The monoisotopic (exact) mass is 473 g/mol. The molecule has 36 heavy (non-hydrogen) atoms. The van der Waals surface area contributed by atoms with Gasteiger partial charge in [0.15, 0.2) is 0 Å². The molecule has 0 fully saturated rings. The fraction of sp³-hybridized carbons (Fsp3) is 0.0345. The van der Waals surface area contributed by atoms with E-state index in [-0.39, 0.29) is 11.8 Å². The molecule has 0 unspecified atom stereocenters. The molecule has 0 spiro atoms. The third kappa shape index (κ3) is 5.20. The highest BCUT2D eigenvalue weighted by Gasteiger charge is 2.13. The summed E-state index contributed by atoms with van der Waals surface area (Å²) in [5.74, 6) is 0.213. The van der Waals surface area contributed by atoms with Crippen molar-refractivity contribution in [1.29, 1.82) is 0 Å². The van der Waals surface area contributed by atoms with E-state index in [4.69, 9.17) is 0 Å². The molecule has 3 N–H and O–H groups in total. The van der Waals surface area contributed by atoms with Gasteiger partial charge in [0, 0.05) is 41.0 Å². The molecule has 176 valence electrons. The van der Waals surface area contributed by atoms with Crippen molar-refractivity contribution in [3.05, 3.63) is 114 Å². The number of fused-ring (bicyclic) bond motifs is 1. The van der Waals surface area contributed by atoms with Crippen LogP contribution in [0.5, 0.6) is 0 Å². The summed E-state index contributed by atoms with van der Waals surface area (Å²) in [5.41, 5.74) is 5.94. The SMILES string of the molecule is Cc1ccc(NC(=O)/C=C/c2ccncc2)cc1C(=O)Nc1ccc2nc(-c3ccccc3)[nH]c2c1. The van der Waals surface area contributed by atoms with Gasteiger partial charge in [-0.1, -0.05) is 36.4 Å². The number of pyridine rings is 1. The van der Waals surface area contributed by atoms with Crippen molar-refractivity contribution in [3.63, 3.8) is 0 Å². The number of anilines is 2. The highest BCUT2D eigenvalue weighted by molar-refractivity contribution is 6.08. The summed E-state index contributed by atoms with van der Waals surface area (Å²) in [6, 6.07) is 24.3. The Morgan fingerprint density at radius 2 is 1.61 bits per heavy atom. The number of carbonyl (C=O) groups excluding carboxylic acids is 2. The largest absolute Gasteiger partial charge is 0.338 e. The molecular weight excluding hydrogens is 450 g/mol. The number of hydrogen-bond donors (Lipinski definition) is 3. The minimum atomic E-state index is -0.291. The molecule has 7 nitrogen and oxygen atoms in total. The molecule has 7 heteroatoms. The van der Waals surface area contributed by atoms with Gasteiger partial charge in [0.05, 0.1) is 11.0 Å². The summed E-state index contributed by atoms with van der Waals surface area (Å²) in [7, 11) is 0. The Morgan fingerprint density at radius 3 is 2.42 bits per heavy atom. The van der Waals surface area contributed by atoms with Gasteiger partial charge < -0.3 is 15.6 Å². The molecule has 5 rings (SSSR count). The molecule has 2 heterocycles. The molecule has 2 aromatic heterocycles. The third-order valence-electron chi connectivity index (χ3n) is 5.67. The van der Waals surface area contributed by atoms with Crippen LogP contribution in [0, 0.1) is 6.92 Å². The predicted molar refractivity (Wildman–Crippen MR) is 143 cm³/mol. The highest BCUT2D eigenvalue weighted by Crippen LogP contribution is 2.24. The normalized spacial score (nSPS) is 11.0. The Morgan fingerprint density at radius 1 is 0.861 bits per heavy atom. The van der Waals surface area contributed by atoms with Crippen molar-refractivity contribution in [1.82, 2.24) is 15.0 Å². The number of H-pyrrole nitrogens is 1. The van der Waals surface area contributed by atoms with Crippen molar-refractivity contribution >= 4 is 40.3 Å². The Hall–Kier alpha value is -5.04. The average Bonchev–Trinajstić information content (AvgIpc) is 3.33. The average molecular weight is 474 g/mol. The lowest BCUT2D eigenvalue weighted by molar-refractivity contribution is -0.111. The van der Waals surface area contributed by atoms with Crippen LogP contribution in [0.1, 0.15) is 21.5 Å². The first-order valence-electron chi connectivity index (χ1n) is 11.4. The van der Waals surface area contributed by atoms with Gasteiger partial charge in [-0.3, -0.25) is 14.6 Å². The lowest BCUT2D eigenvalue weighted by Gasteiger charge is -2.10. The highest BCUT2D eigenvalue weighted by atomic mass is 16.2. The number of nitrogens with zero attached hydrogens (tertiary/aromatic N) is 2. The van der Waals surface area contributed by atoms with Crippen molar-refractivity contribution in [2.75, 3.05) is 10.6 Å². The van der Waals surface area contributed by atoms with Gasteiger partial charge in [-0.15, -0.1) is 0 Å². The van der Waals surface area contributed by atoms with Gasteiger partial charge >= 0.3 is 0 Å².